The molecule has 4 N–H and O–H groups in total. The fourth-order valence-electron chi connectivity index (χ4n) is 1.07. The van der Waals surface area contributed by atoms with Crippen molar-refractivity contribution in [3.63, 3.8) is 0 Å². The molecule has 0 aliphatic rings. The summed E-state index contributed by atoms with van der Waals surface area (Å²) in [5.74, 6) is -1.08. The first-order valence-corrected chi connectivity index (χ1v) is 5.73. The van der Waals surface area contributed by atoms with Crippen LogP contribution in [-0.2, 0) is 4.79 Å². The molecule has 2 aromatic carbocycles. The van der Waals surface area contributed by atoms with E-state index < -0.39 is 5.97 Å². The van der Waals surface area contributed by atoms with Crippen molar-refractivity contribution in [1.82, 2.24) is 6.15 Å². The molecule has 0 bridgehead atoms. The van der Waals surface area contributed by atoms with Gasteiger partial charge in [0.2, 0.25) is 0 Å². The van der Waals surface area contributed by atoms with E-state index in [1.54, 1.807) is 0 Å². The molecule has 3 nitrogen and oxygen atoms in total. The summed E-state index contributed by atoms with van der Waals surface area (Å²) in [6, 6.07) is 20.5. The van der Waals surface area contributed by atoms with Crippen LogP contribution < -0.4 is 11.3 Å². The highest BCUT2D eigenvalue weighted by Gasteiger charge is 1.72. The van der Waals surface area contributed by atoms with E-state index in [-0.39, 0.29) is 6.15 Å². The summed E-state index contributed by atoms with van der Waals surface area (Å²) in [5, 5.41) is 8.89. The molecule has 0 fully saturated rings. The smallest absolute Gasteiger partial charge is 0.0383 e. The highest BCUT2D eigenvalue weighted by atomic mass is 16.4. The van der Waals surface area contributed by atoms with E-state index in [1.165, 1.54) is 11.1 Å². The minimum Gasteiger partial charge on any atom is -0.550 e. The lowest BCUT2D eigenvalue weighted by Crippen LogP contribution is -2.16. The molecule has 0 amide bonds. The van der Waals surface area contributed by atoms with Gasteiger partial charge in [0, 0.05) is 5.97 Å². The van der Waals surface area contributed by atoms with Crippen LogP contribution in [0.2, 0.25) is 0 Å². The van der Waals surface area contributed by atoms with Crippen LogP contribution in [0.15, 0.2) is 60.7 Å². The molecule has 0 radical (unpaired) electrons. The summed E-state index contributed by atoms with van der Waals surface area (Å²) < 4.78 is 0. The first kappa shape index (κ1) is 19.2. The SMILES string of the molecule is CC(=O)[O-].Cc1ccccc1.Cc1ccccc1.[NH4+]. The molecule has 0 saturated heterocycles. The van der Waals surface area contributed by atoms with Crippen LogP contribution in [0.1, 0.15) is 18.1 Å². The van der Waals surface area contributed by atoms with E-state index in [9.17, 15) is 0 Å². The summed E-state index contributed by atoms with van der Waals surface area (Å²) in [5.41, 5.74) is 2.64. The largest absolute Gasteiger partial charge is 0.550 e. The zero-order chi connectivity index (χ0) is 13.8. The van der Waals surface area contributed by atoms with Gasteiger partial charge < -0.3 is 16.1 Å². The molecule has 2 rings (SSSR count). The first-order valence-electron chi connectivity index (χ1n) is 5.73. The van der Waals surface area contributed by atoms with Crippen LogP contribution in [0.3, 0.4) is 0 Å². The second-order valence-electron chi connectivity index (χ2n) is 3.80. The fraction of sp³-hybridized carbons (Fsp3) is 0.188. The van der Waals surface area contributed by atoms with Crippen LogP contribution in [0.25, 0.3) is 0 Å². The fourth-order valence-corrected chi connectivity index (χ4v) is 1.07. The molecule has 3 heteroatoms. The van der Waals surface area contributed by atoms with Gasteiger partial charge in [0.15, 0.2) is 0 Å². The van der Waals surface area contributed by atoms with Crippen molar-refractivity contribution < 1.29 is 9.90 Å². The Morgan fingerprint density at radius 3 is 1.11 bits per heavy atom. The molecule has 0 aliphatic carbocycles. The molecular weight excluding hydrogens is 238 g/mol. The van der Waals surface area contributed by atoms with Crippen LogP contribution in [0.4, 0.5) is 0 Å². The number of hydrogen-bond acceptors (Lipinski definition) is 2. The van der Waals surface area contributed by atoms with E-state index in [0.29, 0.717) is 0 Å². The Balaban J connectivity index is 0. The standard InChI is InChI=1S/2C7H8.C2H4O2.H3N/c2*1-7-5-3-2-4-6-7;1-2(3)4;/h2*2-6H,1H3;1H3,(H,3,4);1H3. The van der Waals surface area contributed by atoms with E-state index in [1.807, 2.05) is 36.4 Å². The number of hydrogen-bond donors (Lipinski definition) is 1. The van der Waals surface area contributed by atoms with Crippen molar-refractivity contribution in [1.29, 1.82) is 0 Å². The molecular formula is C16H23NO2. The number of quaternary nitrogens is 1. The highest BCUT2D eigenvalue weighted by Crippen LogP contribution is 1.92. The number of aliphatic carboxylic acids is 1. The Bertz CT molecular complexity index is 386. The first-order chi connectivity index (χ1) is 8.52. The summed E-state index contributed by atoms with van der Waals surface area (Å²) in [6.45, 7) is 5.14. The monoisotopic (exact) mass is 261 g/mol. The third-order valence-corrected chi connectivity index (χ3v) is 1.88. The molecule has 2 aromatic rings. The molecule has 0 aliphatic heterocycles. The molecule has 0 aromatic heterocycles. The van der Waals surface area contributed by atoms with Crippen molar-refractivity contribution in [2.24, 2.45) is 0 Å². The number of carboxylic acids is 1. The maximum absolute atomic E-state index is 8.89. The van der Waals surface area contributed by atoms with Crippen molar-refractivity contribution in [2.45, 2.75) is 20.8 Å². The van der Waals surface area contributed by atoms with E-state index in [0.717, 1.165) is 6.92 Å². The number of carbonyl (C=O) groups excluding carboxylic acids is 1. The number of carbonyl (C=O) groups is 1. The lowest BCUT2D eigenvalue weighted by atomic mass is 10.2. The van der Waals surface area contributed by atoms with Gasteiger partial charge >= 0.3 is 0 Å². The third kappa shape index (κ3) is 15.9. The second kappa shape index (κ2) is 12.3. The zero-order valence-electron chi connectivity index (χ0n) is 12.1. The Kier molecular flexibility index (Phi) is 12.5. The zero-order valence-corrected chi connectivity index (χ0v) is 12.1. The number of benzene rings is 2. The number of aryl methyl sites for hydroxylation is 2. The highest BCUT2D eigenvalue weighted by molar-refractivity contribution is 5.60. The van der Waals surface area contributed by atoms with Crippen molar-refractivity contribution in [3.8, 4) is 0 Å². The molecule has 0 saturated carbocycles. The Morgan fingerprint density at radius 1 is 0.789 bits per heavy atom. The molecule has 104 valence electrons. The minimum absolute atomic E-state index is 0. The summed E-state index contributed by atoms with van der Waals surface area (Å²) in [6.07, 6.45) is 0. The molecule has 0 heterocycles. The van der Waals surface area contributed by atoms with Crippen LogP contribution in [0.5, 0.6) is 0 Å². The Morgan fingerprint density at radius 2 is 1.00 bits per heavy atom. The predicted molar refractivity (Wildman–Crippen MR) is 79.0 cm³/mol. The van der Waals surface area contributed by atoms with Gasteiger partial charge in [-0.15, -0.1) is 0 Å². The van der Waals surface area contributed by atoms with Crippen molar-refractivity contribution >= 4 is 5.97 Å². The lowest BCUT2D eigenvalue weighted by molar-refractivity contribution is -0.302. The van der Waals surface area contributed by atoms with Gasteiger partial charge in [0.05, 0.1) is 0 Å². The Hall–Kier alpha value is -2.13. The van der Waals surface area contributed by atoms with Gasteiger partial charge in [-0.25, -0.2) is 0 Å². The number of carboxylic acid groups (broad SMARTS) is 1. The van der Waals surface area contributed by atoms with Gasteiger partial charge in [-0.3, -0.25) is 0 Å². The van der Waals surface area contributed by atoms with E-state index in [2.05, 4.69) is 38.1 Å². The number of rotatable bonds is 0. The van der Waals surface area contributed by atoms with Gasteiger partial charge in [-0.2, -0.15) is 0 Å². The van der Waals surface area contributed by atoms with Gasteiger partial charge in [0.25, 0.3) is 0 Å². The van der Waals surface area contributed by atoms with Gasteiger partial charge in [0.1, 0.15) is 0 Å². The molecule has 0 spiro atoms. The molecule has 0 unspecified atom stereocenters. The maximum Gasteiger partial charge on any atom is 0.0383 e. The summed E-state index contributed by atoms with van der Waals surface area (Å²) in [7, 11) is 0. The van der Waals surface area contributed by atoms with Crippen molar-refractivity contribution in [2.75, 3.05) is 0 Å². The Labute approximate surface area is 115 Å². The third-order valence-electron chi connectivity index (χ3n) is 1.88. The van der Waals surface area contributed by atoms with Gasteiger partial charge in [-0.1, -0.05) is 71.8 Å². The maximum atomic E-state index is 8.89. The van der Waals surface area contributed by atoms with Crippen LogP contribution in [-0.4, -0.2) is 5.97 Å². The quantitative estimate of drug-likeness (QED) is 0.791. The molecule has 19 heavy (non-hydrogen) atoms. The van der Waals surface area contributed by atoms with E-state index in [4.69, 9.17) is 9.90 Å². The van der Waals surface area contributed by atoms with Crippen LogP contribution >= 0.6 is 0 Å². The summed E-state index contributed by atoms with van der Waals surface area (Å²) in [4.78, 5) is 8.89. The predicted octanol–water partition coefficient (Wildman–Crippen LogP) is 3.12. The van der Waals surface area contributed by atoms with Gasteiger partial charge in [-0.05, 0) is 20.8 Å². The van der Waals surface area contributed by atoms with Crippen LogP contribution in [0, 0.1) is 13.8 Å². The van der Waals surface area contributed by atoms with Crippen molar-refractivity contribution in [3.05, 3.63) is 71.8 Å². The summed E-state index contributed by atoms with van der Waals surface area (Å²) >= 11 is 0. The average molecular weight is 261 g/mol. The topological polar surface area (TPSA) is 76.6 Å². The average Bonchev–Trinajstić information content (AvgIpc) is 2.31. The molecule has 0 atom stereocenters. The minimum atomic E-state index is -1.08. The van der Waals surface area contributed by atoms with E-state index >= 15 is 0 Å². The second-order valence-corrected chi connectivity index (χ2v) is 3.80. The normalized spacial score (nSPS) is 7.74. The lowest BCUT2D eigenvalue weighted by Gasteiger charge is -1.82.